The summed E-state index contributed by atoms with van der Waals surface area (Å²) in [6.45, 7) is 1.78. The van der Waals surface area contributed by atoms with Crippen LogP contribution in [0.15, 0.2) is 29.3 Å². The predicted molar refractivity (Wildman–Crippen MR) is 91.7 cm³/mol. The molecule has 0 aliphatic carbocycles. The number of nitrogens with zero attached hydrogens (tertiary/aromatic N) is 1. The van der Waals surface area contributed by atoms with E-state index in [2.05, 4.69) is 21.9 Å². The molecule has 1 aromatic carbocycles. The van der Waals surface area contributed by atoms with Crippen LogP contribution in [-0.2, 0) is 6.42 Å². The lowest BCUT2D eigenvalue weighted by molar-refractivity contribution is 0.624. The van der Waals surface area contributed by atoms with Gasteiger partial charge in [-0.1, -0.05) is 12.1 Å². The summed E-state index contributed by atoms with van der Waals surface area (Å²) in [5.74, 6) is 1.89. The number of thioether (sulfide) groups is 1. The van der Waals surface area contributed by atoms with E-state index >= 15 is 0 Å². The Morgan fingerprint density at radius 2 is 1.95 bits per heavy atom. The van der Waals surface area contributed by atoms with E-state index in [1.165, 1.54) is 18.2 Å². The highest BCUT2D eigenvalue weighted by atomic mass is 32.2. The maximum atomic E-state index is 13.0. The Bertz CT molecular complexity index is 424. The van der Waals surface area contributed by atoms with Gasteiger partial charge in [0.25, 0.3) is 0 Å². The van der Waals surface area contributed by atoms with Crippen molar-refractivity contribution in [2.75, 3.05) is 32.1 Å². The van der Waals surface area contributed by atoms with Crippen molar-refractivity contribution in [3.05, 3.63) is 35.6 Å². The van der Waals surface area contributed by atoms with Gasteiger partial charge in [-0.3, -0.25) is 4.99 Å². The molecular formula is C16H26FN3S. The van der Waals surface area contributed by atoms with Gasteiger partial charge in [0, 0.05) is 20.1 Å². The summed E-state index contributed by atoms with van der Waals surface area (Å²) in [7, 11) is 1.78. The van der Waals surface area contributed by atoms with Crippen LogP contribution in [0.2, 0.25) is 0 Å². The standard InChI is InChI=1S/C16H26FN3S/c1-18-16(19-10-3-4-12-21-2)20-11-6-8-14-7-5-9-15(17)13-14/h5,7,9,13H,3-4,6,8,10-12H2,1-2H3,(H2,18,19,20). The highest BCUT2D eigenvalue weighted by Gasteiger charge is 1.98. The van der Waals surface area contributed by atoms with E-state index in [1.54, 1.807) is 19.2 Å². The van der Waals surface area contributed by atoms with Crippen molar-refractivity contribution in [2.45, 2.75) is 25.7 Å². The Morgan fingerprint density at radius 3 is 2.62 bits per heavy atom. The fourth-order valence-corrected chi connectivity index (χ4v) is 2.48. The molecule has 0 bridgehead atoms. The van der Waals surface area contributed by atoms with E-state index in [9.17, 15) is 4.39 Å². The number of benzene rings is 1. The number of nitrogens with one attached hydrogen (secondary N) is 2. The zero-order chi connectivity index (χ0) is 15.3. The number of aryl methyl sites for hydroxylation is 1. The van der Waals surface area contributed by atoms with Crippen LogP contribution in [0.25, 0.3) is 0 Å². The Morgan fingerprint density at radius 1 is 1.19 bits per heavy atom. The van der Waals surface area contributed by atoms with E-state index in [-0.39, 0.29) is 5.82 Å². The number of unbranched alkanes of at least 4 members (excludes halogenated alkanes) is 1. The van der Waals surface area contributed by atoms with E-state index < -0.39 is 0 Å². The topological polar surface area (TPSA) is 36.4 Å². The molecule has 0 saturated heterocycles. The second kappa shape index (κ2) is 11.4. The molecule has 0 aliphatic heterocycles. The van der Waals surface area contributed by atoms with Gasteiger partial charge in [-0.25, -0.2) is 4.39 Å². The molecule has 1 aromatic rings. The quantitative estimate of drug-likeness (QED) is 0.418. The Labute approximate surface area is 131 Å². The SMILES string of the molecule is CN=C(NCCCCSC)NCCCc1cccc(F)c1. The molecule has 1 rings (SSSR count). The molecule has 3 nitrogen and oxygen atoms in total. The van der Waals surface area contributed by atoms with Crippen molar-refractivity contribution < 1.29 is 4.39 Å². The molecule has 5 heteroatoms. The average Bonchev–Trinajstić information content (AvgIpc) is 2.49. The molecule has 0 spiro atoms. The zero-order valence-corrected chi connectivity index (χ0v) is 13.8. The molecule has 0 aromatic heterocycles. The van der Waals surface area contributed by atoms with Gasteiger partial charge in [0.15, 0.2) is 5.96 Å². The number of hydrogen-bond donors (Lipinski definition) is 2. The summed E-state index contributed by atoms with van der Waals surface area (Å²) in [5.41, 5.74) is 1.04. The first-order valence-corrected chi connectivity index (χ1v) is 8.83. The van der Waals surface area contributed by atoms with Crippen molar-refractivity contribution in [1.82, 2.24) is 10.6 Å². The fourth-order valence-electron chi connectivity index (χ4n) is 1.99. The largest absolute Gasteiger partial charge is 0.356 e. The van der Waals surface area contributed by atoms with Crippen molar-refractivity contribution >= 4 is 17.7 Å². The lowest BCUT2D eigenvalue weighted by atomic mass is 10.1. The van der Waals surface area contributed by atoms with E-state index in [0.717, 1.165) is 43.9 Å². The van der Waals surface area contributed by atoms with Crippen LogP contribution in [0, 0.1) is 5.82 Å². The molecule has 0 atom stereocenters. The third-order valence-corrected chi connectivity index (χ3v) is 3.81. The molecular weight excluding hydrogens is 285 g/mol. The predicted octanol–water partition coefficient (Wildman–Crippen LogP) is 3.07. The van der Waals surface area contributed by atoms with Crippen LogP contribution in [-0.4, -0.2) is 38.1 Å². The lowest BCUT2D eigenvalue weighted by Crippen LogP contribution is -2.38. The summed E-state index contributed by atoms with van der Waals surface area (Å²) < 4.78 is 13.0. The van der Waals surface area contributed by atoms with Gasteiger partial charge in [0.1, 0.15) is 5.82 Å². The summed E-state index contributed by atoms with van der Waals surface area (Å²) in [6.07, 6.45) is 6.34. The third-order valence-electron chi connectivity index (χ3n) is 3.11. The number of hydrogen-bond acceptors (Lipinski definition) is 2. The first kappa shape index (κ1) is 17.8. The van der Waals surface area contributed by atoms with Crippen LogP contribution >= 0.6 is 11.8 Å². The number of halogens is 1. The van der Waals surface area contributed by atoms with Crippen LogP contribution < -0.4 is 10.6 Å². The molecule has 21 heavy (non-hydrogen) atoms. The summed E-state index contributed by atoms with van der Waals surface area (Å²) >= 11 is 1.88. The van der Waals surface area contributed by atoms with Gasteiger partial charge in [-0.2, -0.15) is 11.8 Å². The monoisotopic (exact) mass is 311 g/mol. The Hall–Kier alpha value is -1.23. The van der Waals surface area contributed by atoms with Crippen LogP contribution in [0.4, 0.5) is 4.39 Å². The summed E-state index contributed by atoms with van der Waals surface area (Å²) in [5, 5.41) is 6.59. The molecule has 118 valence electrons. The minimum absolute atomic E-state index is 0.164. The molecule has 0 saturated carbocycles. The maximum absolute atomic E-state index is 13.0. The zero-order valence-electron chi connectivity index (χ0n) is 13.0. The summed E-state index contributed by atoms with van der Waals surface area (Å²) in [4.78, 5) is 4.19. The first-order valence-electron chi connectivity index (χ1n) is 7.44. The minimum Gasteiger partial charge on any atom is -0.356 e. The summed E-state index contributed by atoms with van der Waals surface area (Å²) in [6, 6.07) is 6.79. The molecule has 0 heterocycles. The second-order valence-corrected chi connectivity index (χ2v) is 5.84. The highest BCUT2D eigenvalue weighted by Crippen LogP contribution is 2.05. The smallest absolute Gasteiger partial charge is 0.190 e. The second-order valence-electron chi connectivity index (χ2n) is 4.86. The third kappa shape index (κ3) is 8.60. The molecule has 0 aliphatic rings. The van der Waals surface area contributed by atoms with E-state index in [4.69, 9.17) is 0 Å². The van der Waals surface area contributed by atoms with E-state index in [0.29, 0.717) is 0 Å². The highest BCUT2D eigenvalue weighted by molar-refractivity contribution is 7.98. The number of aliphatic imine (C=N–C) groups is 1. The van der Waals surface area contributed by atoms with Crippen LogP contribution in [0.5, 0.6) is 0 Å². The van der Waals surface area contributed by atoms with Gasteiger partial charge in [0.05, 0.1) is 0 Å². The maximum Gasteiger partial charge on any atom is 0.190 e. The van der Waals surface area contributed by atoms with Gasteiger partial charge in [-0.15, -0.1) is 0 Å². The van der Waals surface area contributed by atoms with Crippen LogP contribution in [0.1, 0.15) is 24.8 Å². The van der Waals surface area contributed by atoms with Crippen molar-refractivity contribution in [3.8, 4) is 0 Å². The fraction of sp³-hybridized carbons (Fsp3) is 0.562. The Kier molecular flexibility index (Phi) is 9.70. The normalized spacial score (nSPS) is 11.5. The van der Waals surface area contributed by atoms with Gasteiger partial charge in [0.2, 0.25) is 0 Å². The minimum atomic E-state index is -0.164. The van der Waals surface area contributed by atoms with Gasteiger partial charge in [-0.05, 0) is 55.4 Å². The Balaban J connectivity index is 2.12. The van der Waals surface area contributed by atoms with Crippen LogP contribution in [0.3, 0.4) is 0 Å². The number of rotatable bonds is 9. The average molecular weight is 311 g/mol. The molecule has 0 unspecified atom stereocenters. The molecule has 0 amide bonds. The van der Waals surface area contributed by atoms with E-state index in [1.807, 2.05) is 17.8 Å². The van der Waals surface area contributed by atoms with Crippen molar-refractivity contribution in [2.24, 2.45) is 4.99 Å². The van der Waals surface area contributed by atoms with Gasteiger partial charge >= 0.3 is 0 Å². The lowest BCUT2D eigenvalue weighted by Gasteiger charge is -2.11. The van der Waals surface area contributed by atoms with Crippen molar-refractivity contribution in [1.29, 1.82) is 0 Å². The van der Waals surface area contributed by atoms with Gasteiger partial charge < -0.3 is 10.6 Å². The molecule has 0 fully saturated rings. The first-order chi connectivity index (χ1) is 10.3. The molecule has 2 N–H and O–H groups in total. The number of guanidine groups is 1. The molecule has 0 radical (unpaired) electrons. The van der Waals surface area contributed by atoms with Crippen molar-refractivity contribution in [3.63, 3.8) is 0 Å².